The van der Waals surface area contributed by atoms with E-state index in [0.29, 0.717) is 23.3 Å². The van der Waals surface area contributed by atoms with E-state index < -0.39 is 0 Å². The Bertz CT molecular complexity index is 1080. The van der Waals surface area contributed by atoms with Gasteiger partial charge in [-0.05, 0) is 29.5 Å². The third-order valence-electron chi connectivity index (χ3n) is 5.34. The van der Waals surface area contributed by atoms with Crippen molar-refractivity contribution in [1.29, 1.82) is 0 Å². The monoisotopic (exact) mass is 406 g/mol. The van der Waals surface area contributed by atoms with Crippen molar-refractivity contribution in [3.63, 3.8) is 0 Å². The fourth-order valence-corrected chi connectivity index (χ4v) is 4.87. The van der Waals surface area contributed by atoms with Crippen LogP contribution in [-0.4, -0.2) is 20.5 Å². The second kappa shape index (κ2) is 6.91. The maximum absolute atomic E-state index is 13.1. The molecule has 3 aromatic rings. The molecule has 1 aliphatic carbocycles. The second-order valence-electron chi connectivity index (χ2n) is 8.31. The van der Waals surface area contributed by atoms with E-state index >= 15 is 0 Å². The largest absolute Gasteiger partial charge is 0.467 e. The molecule has 1 atom stereocenters. The average Bonchev–Trinajstić information content (AvgIpc) is 3.34. The summed E-state index contributed by atoms with van der Waals surface area (Å²) < 4.78 is 7.50. The lowest BCUT2D eigenvalue weighted by Crippen LogP contribution is -2.36. The number of nitrogens with zero attached hydrogens (tertiary/aromatic N) is 3. The predicted octanol–water partition coefficient (Wildman–Crippen LogP) is 4.82. The molecule has 0 spiro atoms. The van der Waals surface area contributed by atoms with E-state index in [9.17, 15) is 4.79 Å². The number of ketones is 1. The highest BCUT2D eigenvalue weighted by Gasteiger charge is 2.42. The molecule has 0 radical (unpaired) electrons. The molecule has 0 saturated carbocycles. The highest BCUT2D eigenvalue weighted by Crippen LogP contribution is 2.45. The van der Waals surface area contributed by atoms with Crippen LogP contribution in [0.5, 0.6) is 0 Å². The van der Waals surface area contributed by atoms with Gasteiger partial charge in [-0.3, -0.25) is 4.79 Å². The average molecular weight is 407 g/mol. The van der Waals surface area contributed by atoms with E-state index in [1.54, 1.807) is 22.7 Å². The first-order valence-electron chi connectivity index (χ1n) is 9.70. The first kappa shape index (κ1) is 18.2. The van der Waals surface area contributed by atoms with Crippen molar-refractivity contribution < 1.29 is 9.21 Å². The van der Waals surface area contributed by atoms with E-state index in [2.05, 4.69) is 31.3 Å². The van der Waals surface area contributed by atoms with Gasteiger partial charge in [-0.2, -0.15) is 4.98 Å². The minimum Gasteiger partial charge on any atom is -0.467 e. The maximum atomic E-state index is 13.1. The minimum atomic E-state index is -0.376. The van der Waals surface area contributed by atoms with E-state index in [-0.39, 0.29) is 17.2 Å². The highest BCUT2D eigenvalue weighted by molar-refractivity contribution is 7.98. The predicted molar refractivity (Wildman–Crippen MR) is 112 cm³/mol. The number of rotatable bonds is 4. The number of carbonyl (C=O) groups excluding carboxylic acids is 1. The fraction of sp³-hybridized carbons (Fsp3) is 0.318. The first-order valence-corrected chi connectivity index (χ1v) is 10.7. The zero-order valence-electron chi connectivity index (χ0n) is 16.4. The molecular weight excluding hydrogens is 384 g/mol. The number of furan rings is 1. The topological polar surface area (TPSA) is 73.0 Å². The smallest absolute Gasteiger partial charge is 0.227 e. The summed E-state index contributed by atoms with van der Waals surface area (Å²) in [6.07, 6.45) is 2.95. The lowest BCUT2D eigenvalue weighted by molar-refractivity contribution is -0.118. The van der Waals surface area contributed by atoms with E-state index in [1.165, 1.54) is 5.56 Å². The molecule has 7 heteroatoms. The SMILES string of the molecule is CC1(C)CC(=O)C2=C(C1)Nc1nc(SCc3ccccc3)nn1C2c1ccco1. The Balaban J connectivity index is 1.51. The van der Waals surface area contributed by atoms with Gasteiger partial charge in [-0.25, -0.2) is 4.68 Å². The molecule has 0 amide bonds. The molecule has 5 rings (SSSR count). The van der Waals surface area contributed by atoms with Crippen LogP contribution in [0.1, 0.15) is 44.1 Å². The molecule has 1 aromatic carbocycles. The number of carbonyl (C=O) groups is 1. The second-order valence-corrected chi connectivity index (χ2v) is 9.26. The van der Waals surface area contributed by atoms with E-state index in [4.69, 9.17) is 14.5 Å². The van der Waals surface area contributed by atoms with Crippen LogP contribution in [0.4, 0.5) is 5.95 Å². The molecule has 0 fully saturated rings. The van der Waals surface area contributed by atoms with Gasteiger partial charge in [0, 0.05) is 23.4 Å². The Morgan fingerprint density at radius 3 is 2.79 bits per heavy atom. The molecule has 148 valence electrons. The van der Waals surface area contributed by atoms with Gasteiger partial charge in [0.2, 0.25) is 11.1 Å². The zero-order valence-corrected chi connectivity index (χ0v) is 17.2. The Labute approximate surface area is 173 Å². The summed E-state index contributed by atoms with van der Waals surface area (Å²) in [6.45, 7) is 4.25. The van der Waals surface area contributed by atoms with Crippen LogP contribution in [0.25, 0.3) is 0 Å². The Morgan fingerprint density at radius 1 is 1.21 bits per heavy atom. The van der Waals surface area contributed by atoms with Crippen molar-refractivity contribution >= 4 is 23.5 Å². The van der Waals surface area contributed by atoms with Crippen LogP contribution in [-0.2, 0) is 10.5 Å². The number of aromatic nitrogens is 3. The number of allylic oxidation sites excluding steroid dienone is 2. The summed E-state index contributed by atoms with van der Waals surface area (Å²) in [5.41, 5.74) is 2.82. The molecule has 0 saturated heterocycles. The first-order chi connectivity index (χ1) is 14.0. The zero-order chi connectivity index (χ0) is 20.0. The molecule has 6 nitrogen and oxygen atoms in total. The molecule has 3 heterocycles. The van der Waals surface area contributed by atoms with Gasteiger partial charge in [0.05, 0.1) is 6.26 Å². The Kier molecular flexibility index (Phi) is 4.35. The molecule has 0 bridgehead atoms. The van der Waals surface area contributed by atoms with Crippen molar-refractivity contribution in [3.8, 4) is 0 Å². The number of fused-ring (bicyclic) bond motifs is 1. The number of nitrogens with one attached hydrogen (secondary N) is 1. The maximum Gasteiger partial charge on any atom is 0.227 e. The summed E-state index contributed by atoms with van der Waals surface area (Å²) >= 11 is 1.58. The van der Waals surface area contributed by atoms with Crippen molar-refractivity contribution in [2.45, 2.75) is 43.6 Å². The van der Waals surface area contributed by atoms with Gasteiger partial charge in [-0.1, -0.05) is 55.9 Å². The van der Waals surface area contributed by atoms with Crippen LogP contribution >= 0.6 is 11.8 Å². The lowest BCUT2D eigenvalue weighted by atomic mass is 9.73. The number of hydrogen-bond acceptors (Lipinski definition) is 6. The third kappa shape index (κ3) is 3.40. The van der Waals surface area contributed by atoms with Gasteiger partial charge >= 0.3 is 0 Å². The summed E-state index contributed by atoms with van der Waals surface area (Å²) in [4.78, 5) is 17.8. The van der Waals surface area contributed by atoms with Crippen molar-refractivity contribution in [1.82, 2.24) is 14.8 Å². The summed E-state index contributed by atoms with van der Waals surface area (Å²) in [5.74, 6) is 2.29. The normalized spacial score (nSPS) is 20.2. The number of anilines is 1. The number of hydrogen-bond donors (Lipinski definition) is 1. The van der Waals surface area contributed by atoms with Crippen molar-refractivity contribution in [2.24, 2.45) is 5.41 Å². The van der Waals surface area contributed by atoms with Crippen LogP contribution in [0.15, 0.2) is 69.6 Å². The summed E-state index contributed by atoms with van der Waals surface area (Å²) in [5, 5.41) is 8.79. The number of Topliss-reactive ketones (excluding diaryl/α,β-unsaturated/α-hetero) is 1. The van der Waals surface area contributed by atoms with Gasteiger partial charge in [-0.15, -0.1) is 5.10 Å². The highest BCUT2D eigenvalue weighted by atomic mass is 32.2. The standard InChI is InChI=1S/C22H22N4O2S/c1-22(2)11-15-18(16(27)12-22)19(17-9-6-10-28-17)26-20(23-15)24-21(25-26)29-13-14-7-4-3-5-8-14/h3-10,19H,11-13H2,1-2H3,(H,23,24,25). The van der Waals surface area contributed by atoms with Crippen molar-refractivity contribution in [3.05, 3.63) is 71.3 Å². The molecule has 2 aromatic heterocycles. The van der Waals surface area contributed by atoms with Crippen LogP contribution in [0, 0.1) is 5.41 Å². The van der Waals surface area contributed by atoms with Gasteiger partial charge < -0.3 is 9.73 Å². The van der Waals surface area contributed by atoms with Gasteiger partial charge in [0.1, 0.15) is 11.8 Å². The van der Waals surface area contributed by atoms with Gasteiger partial charge in [0.15, 0.2) is 5.78 Å². The molecule has 1 aliphatic heterocycles. The third-order valence-corrected chi connectivity index (χ3v) is 6.24. The summed E-state index contributed by atoms with van der Waals surface area (Å²) in [7, 11) is 0. The minimum absolute atomic E-state index is 0.0797. The fourth-order valence-electron chi connectivity index (χ4n) is 4.08. The molecule has 1 N–H and O–H groups in total. The lowest BCUT2D eigenvalue weighted by Gasteiger charge is -2.37. The molecule has 1 unspecified atom stereocenters. The number of thioether (sulfide) groups is 1. The Morgan fingerprint density at radius 2 is 2.03 bits per heavy atom. The van der Waals surface area contributed by atoms with Crippen LogP contribution in [0.2, 0.25) is 0 Å². The molecule has 2 aliphatic rings. The summed E-state index contributed by atoms with van der Waals surface area (Å²) in [6, 6.07) is 13.6. The molecule has 29 heavy (non-hydrogen) atoms. The van der Waals surface area contributed by atoms with Gasteiger partial charge in [0.25, 0.3) is 0 Å². The quantitative estimate of drug-likeness (QED) is 0.626. The van der Waals surface area contributed by atoms with E-state index in [0.717, 1.165) is 23.4 Å². The van der Waals surface area contributed by atoms with Crippen LogP contribution < -0.4 is 5.32 Å². The molecular formula is C22H22N4O2S. The Hall–Kier alpha value is -2.80. The van der Waals surface area contributed by atoms with Crippen LogP contribution in [0.3, 0.4) is 0 Å². The number of benzene rings is 1. The van der Waals surface area contributed by atoms with Crippen molar-refractivity contribution in [2.75, 3.05) is 5.32 Å². The van der Waals surface area contributed by atoms with E-state index in [1.807, 2.05) is 30.3 Å².